The second kappa shape index (κ2) is 7.36. The molecule has 0 fully saturated rings. The molecular formula is C20H17N5O3. The standard InChI is InChI=1S/C20H17N5O3/c1-13-17(18(24-28-13)14-6-4-3-5-7-14)19(26)22-15-8-9-16(23-20(15)27-2)25-11-10-21-12-25/h3-12H,1-2H3,(H,22,26). The van der Waals surface area contributed by atoms with Crippen LogP contribution in [0.5, 0.6) is 5.88 Å². The topological polar surface area (TPSA) is 95.1 Å². The van der Waals surface area contributed by atoms with Gasteiger partial charge in [-0.05, 0) is 19.1 Å². The summed E-state index contributed by atoms with van der Waals surface area (Å²) in [6.07, 6.45) is 5.06. The number of imidazole rings is 1. The monoisotopic (exact) mass is 375 g/mol. The number of aryl methyl sites for hydroxylation is 1. The third-order valence-corrected chi connectivity index (χ3v) is 4.19. The van der Waals surface area contributed by atoms with Crippen LogP contribution in [0.3, 0.4) is 0 Å². The van der Waals surface area contributed by atoms with Gasteiger partial charge in [0.15, 0.2) is 0 Å². The molecule has 0 saturated carbocycles. The van der Waals surface area contributed by atoms with E-state index in [1.54, 1.807) is 42.3 Å². The van der Waals surface area contributed by atoms with Crippen molar-refractivity contribution in [2.45, 2.75) is 6.92 Å². The van der Waals surface area contributed by atoms with E-state index in [9.17, 15) is 4.79 Å². The van der Waals surface area contributed by atoms with Gasteiger partial charge in [0.1, 0.15) is 34.9 Å². The van der Waals surface area contributed by atoms with Crippen LogP contribution in [0.2, 0.25) is 0 Å². The van der Waals surface area contributed by atoms with Gasteiger partial charge in [-0.2, -0.15) is 4.98 Å². The SMILES string of the molecule is COc1nc(-n2ccnc2)ccc1NC(=O)c1c(-c2ccccc2)noc1C. The molecule has 0 saturated heterocycles. The molecule has 140 valence electrons. The Morgan fingerprint density at radius 2 is 2.00 bits per heavy atom. The van der Waals surface area contributed by atoms with Crippen molar-refractivity contribution < 1.29 is 14.1 Å². The molecule has 0 aliphatic rings. The zero-order valence-electron chi connectivity index (χ0n) is 15.3. The lowest BCUT2D eigenvalue weighted by Gasteiger charge is -2.11. The highest BCUT2D eigenvalue weighted by atomic mass is 16.5. The number of rotatable bonds is 5. The highest BCUT2D eigenvalue weighted by Gasteiger charge is 2.23. The summed E-state index contributed by atoms with van der Waals surface area (Å²) in [6, 6.07) is 12.9. The summed E-state index contributed by atoms with van der Waals surface area (Å²) in [5.41, 5.74) is 2.09. The fourth-order valence-corrected chi connectivity index (χ4v) is 2.84. The van der Waals surface area contributed by atoms with E-state index in [4.69, 9.17) is 9.26 Å². The molecule has 8 nitrogen and oxygen atoms in total. The van der Waals surface area contributed by atoms with Crippen molar-refractivity contribution in [3.63, 3.8) is 0 Å². The van der Waals surface area contributed by atoms with Crippen LogP contribution in [0.15, 0.2) is 65.7 Å². The molecule has 1 N–H and O–H groups in total. The second-order valence-electron chi connectivity index (χ2n) is 5.98. The van der Waals surface area contributed by atoms with Crippen LogP contribution in [0, 0.1) is 6.92 Å². The van der Waals surface area contributed by atoms with Gasteiger partial charge in [0, 0.05) is 18.0 Å². The molecule has 0 aliphatic heterocycles. The molecule has 0 unspecified atom stereocenters. The van der Waals surface area contributed by atoms with Crippen LogP contribution in [0.4, 0.5) is 5.69 Å². The van der Waals surface area contributed by atoms with Gasteiger partial charge in [-0.1, -0.05) is 35.5 Å². The molecule has 3 aromatic heterocycles. The number of amides is 1. The average Bonchev–Trinajstić information content (AvgIpc) is 3.39. The highest BCUT2D eigenvalue weighted by Crippen LogP contribution is 2.28. The van der Waals surface area contributed by atoms with E-state index < -0.39 is 0 Å². The Morgan fingerprint density at radius 1 is 1.18 bits per heavy atom. The van der Waals surface area contributed by atoms with E-state index >= 15 is 0 Å². The highest BCUT2D eigenvalue weighted by molar-refractivity contribution is 6.09. The van der Waals surface area contributed by atoms with E-state index in [0.717, 1.165) is 5.56 Å². The molecule has 8 heteroatoms. The summed E-state index contributed by atoms with van der Waals surface area (Å²) in [7, 11) is 1.50. The van der Waals surface area contributed by atoms with Crippen LogP contribution in [-0.2, 0) is 0 Å². The van der Waals surface area contributed by atoms with Gasteiger partial charge in [-0.25, -0.2) is 4.98 Å². The third-order valence-electron chi connectivity index (χ3n) is 4.19. The smallest absolute Gasteiger partial charge is 0.261 e. The summed E-state index contributed by atoms with van der Waals surface area (Å²) in [6.45, 7) is 1.70. The van der Waals surface area contributed by atoms with Gasteiger partial charge in [-0.15, -0.1) is 0 Å². The average molecular weight is 375 g/mol. The van der Waals surface area contributed by atoms with E-state index in [0.29, 0.717) is 28.5 Å². The Morgan fingerprint density at radius 3 is 2.71 bits per heavy atom. The molecule has 0 bridgehead atoms. The maximum Gasteiger partial charge on any atom is 0.261 e. The number of nitrogens with one attached hydrogen (secondary N) is 1. The number of methoxy groups -OCH3 is 1. The molecule has 1 aromatic carbocycles. The Balaban J connectivity index is 1.65. The second-order valence-corrected chi connectivity index (χ2v) is 5.98. The van der Waals surface area contributed by atoms with E-state index in [1.807, 2.05) is 30.3 Å². The number of pyridine rings is 1. The molecule has 0 radical (unpaired) electrons. The van der Waals surface area contributed by atoms with Crippen molar-refractivity contribution in [1.29, 1.82) is 0 Å². The van der Waals surface area contributed by atoms with Crippen LogP contribution in [0.1, 0.15) is 16.1 Å². The summed E-state index contributed by atoms with van der Waals surface area (Å²) in [4.78, 5) is 21.4. The minimum atomic E-state index is -0.354. The van der Waals surface area contributed by atoms with E-state index in [-0.39, 0.29) is 11.8 Å². The van der Waals surface area contributed by atoms with Crippen molar-refractivity contribution >= 4 is 11.6 Å². The summed E-state index contributed by atoms with van der Waals surface area (Å²) < 4.78 is 12.4. The normalized spacial score (nSPS) is 10.6. The zero-order valence-corrected chi connectivity index (χ0v) is 15.3. The van der Waals surface area contributed by atoms with E-state index in [1.165, 1.54) is 7.11 Å². The van der Waals surface area contributed by atoms with Gasteiger partial charge in [-0.3, -0.25) is 9.36 Å². The maximum atomic E-state index is 13.0. The number of hydrogen-bond donors (Lipinski definition) is 1. The molecule has 0 atom stereocenters. The van der Waals surface area contributed by atoms with Gasteiger partial charge >= 0.3 is 0 Å². The Kier molecular flexibility index (Phi) is 4.59. The molecule has 0 aliphatic carbocycles. The van der Waals surface area contributed by atoms with Gasteiger partial charge < -0.3 is 14.6 Å². The zero-order chi connectivity index (χ0) is 19.5. The van der Waals surface area contributed by atoms with Crippen LogP contribution in [-0.4, -0.2) is 32.7 Å². The predicted octanol–water partition coefficient (Wildman–Crippen LogP) is 3.49. The molecule has 4 rings (SSSR count). The Bertz CT molecular complexity index is 1100. The number of benzene rings is 1. The molecule has 1 amide bonds. The Labute approximate surface area is 160 Å². The summed E-state index contributed by atoms with van der Waals surface area (Å²) in [5.74, 6) is 0.986. The summed E-state index contributed by atoms with van der Waals surface area (Å²) in [5, 5.41) is 6.88. The van der Waals surface area contributed by atoms with Gasteiger partial charge in [0.2, 0.25) is 5.88 Å². The number of hydrogen-bond acceptors (Lipinski definition) is 6. The first-order valence-corrected chi connectivity index (χ1v) is 8.54. The molecule has 28 heavy (non-hydrogen) atoms. The van der Waals surface area contributed by atoms with Crippen molar-refractivity contribution in [2.75, 3.05) is 12.4 Å². The van der Waals surface area contributed by atoms with Gasteiger partial charge in [0.25, 0.3) is 5.91 Å². The van der Waals surface area contributed by atoms with Crippen molar-refractivity contribution in [3.05, 3.63) is 72.5 Å². The van der Waals surface area contributed by atoms with Gasteiger partial charge in [0.05, 0.1) is 7.11 Å². The molecule has 0 spiro atoms. The lowest BCUT2D eigenvalue weighted by Crippen LogP contribution is -2.15. The molecule has 4 aromatic rings. The largest absolute Gasteiger partial charge is 0.479 e. The molecular weight excluding hydrogens is 358 g/mol. The van der Waals surface area contributed by atoms with Crippen molar-refractivity contribution in [1.82, 2.24) is 19.7 Å². The summed E-state index contributed by atoms with van der Waals surface area (Å²) >= 11 is 0. The number of ether oxygens (including phenoxy) is 1. The fourth-order valence-electron chi connectivity index (χ4n) is 2.84. The fraction of sp³-hybridized carbons (Fsp3) is 0.100. The first-order valence-electron chi connectivity index (χ1n) is 8.54. The minimum Gasteiger partial charge on any atom is -0.479 e. The first kappa shape index (κ1) is 17.5. The maximum absolute atomic E-state index is 13.0. The first-order chi connectivity index (χ1) is 13.7. The number of nitrogens with zero attached hydrogens (tertiary/aromatic N) is 4. The lowest BCUT2D eigenvalue weighted by atomic mass is 10.1. The lowest BCUT2D eigenvalue weighted by molar-refractivity contribution is 0.102. The number of carbonyl (C=O) groups excluding carboxylic acids is 1. The van der Waals surface area contributed by atoms with Crippen LogP contribution >= 0.6 is 0 Å². The van der Waals surface area contributed by atoms with E-state index in [2.05, 4.69) is 20.4 Å². The third kappa shape index (κ3) is 3.23. The van der Waals surface area contributed by atoms with Crippen molar-refractivity contribution in [3.8, 4) is 23.0 Å². The Hall–Kier alpha value is -3.94. The molecule has 3 heterocycles. The minimum absolute atomic E-state index is 0.287. The van der Waals surface area contributed by atoms with Crippen LogP contribution < -0.4 is 10.1 Å². The quantitative estimate of drug-likeness (QED) is 0.574. The number of anilines is 1. The number of carbonyl (C=O) groups is 1. The number of aromatic nitrogens is 4. The van der Waals surface area contributed by atoms with Crippen molar-refractivity contribution in [2.24, 2.45) is 0 Å². The van der Waals surface area contributed by atoms with Crippen LogP contribution in [0.25, 0.3) is 17.1 Å². The predicted molar refractivity (Wildman–Crippen MR) is 103 cm³/mol.